The van der Waals surface area contributed by atoms with E-state index in [-0.39, 0.29) is 23.9 Å². The summed E-state index contributed by atoms with van der Waals surface area (Å²) in [6, 6.07) is 0.0230. The summed E-state index contributed by atoms with van der Waals surface area (Å²) in [7, 11) is 0. The van der Waals surface area contributed by atoms with Crippen LogP contribution in [0, 0.1) is 0 Å². The number of thiazole rings is 1. The van der Waals surface area contributed by atoms with Crippen molar-refractivity contribution in [2.45, 2.75) is 45.2 Å². The first-order valence-corrected chi connectivity index (χ1v) is 7.66. The van der Waals surface area contributed by atoms with Crippen LogP contribution in [-0.2, 0) is 4.79 Å². The molecule has 7 heteroatoms. The largest absolute Gasteiger partial charge is 0.333 e. The van der Waals surface area contributed by atoms with Gasteiger partial charge in [0, 0.05) is 30.9 Å². The van der Waals surface area contributed by atoms with Gasteiger partial charge in [-0.25, -0.2) is 4.98 Å². The van der Waals surface area contributed by atoms with Gasteiger partial charge in [-0.05, 0) is 26.2 Å². The Labute approximate surface area is 122 Å². The number of nitrogens with zero attached hydrogens (tertiary/aromatic N) is 2. The summed E-state index contributed by atoms with van der Waals surface area (Å²) in [5.74, 6) is -0.287. The Kier molecular flexibility index (Phi) is 4.72. The molecule has 1 aromatic heterocycles. The van der Waals surface area contributed by atoms with Crippen LogP contribution in [0.3, 0.4) is 0 Å². The van der Waals surface area contributed by atoms with Crippen LogP contribution in [0.1, 0.15) is 43.6 Å². The Morgan fingerprint density at radius 3 is 2.95 bits per heavy atom. The summed E-state index contributed by atoms with van der Waals surface area (Å²) in [5, 5.41) is 4.72. The average molecular weight is 296 g/mol. The highest BCUT2D eigenvalue weighted by Crippen LogP contribution is 2.23. The molecule has 2 rings (SSSR count). The summed E-state index contributed by atoms with van der Waals surface area (Å²) in [4.78, 5) is 29.5. The zero-order valence-corrected chi connectivity index (χ0v) is 12.6. The van der Waals surface area contributed by atoms with Crippen molar-refractivity contribution in [2.24, 2.45) is 5.73 Å². The van der Waals surface area contributed by atoms with Gasteiger partial charge in [0.1, 0.15) is 5.69 Å². The van der Waals surface area contributed by atoms with Crippen molar-refractivity contribution in [3.8, 4) is 0 Å². The van der Waals surface area contributed by atoms with Crippen LogP contribution >= 0.6 is 11.3 Å². The molecule has 6 nitrogen and oxygen atoms in total. The van der Waals surface area contributed by atoms with E-state index in [4.69, 9.17) is 5.73 Å². The molecule has 2 atom stereocenters. The van der Waals surface area contributed by atoms with Crippen molar-refractivity contribution >= 4 is 28.3 Å². The Bertz CT molecular complexity index is 500. The molecule has 0 saturated carbocycles. The lowest BCUT2D eigenvalue weighted by molar-refractivity contribution is -0.114. The molecule has 2 unspecified atom stereocenters. The number of carbonyl (C=O) groups excluding carboxylic acids is 2. The highest BCUT2D eigenvalue weighted by Gasteiger charge is 2.30. The predicted molar refractivity (Wildman–Crippen MR) is 78.7 cm³/mol. The molecule has 0 radical (unpaired) electrons. The number of carbonyl (C=O) groups is 2. The van der Waals surface area contributed by atoms with Gasteiger partial charge in [0.05, 0.1) is 0 Å². The lowest BCUT2D eigenvalue weighted by atomic mass is 9.96. The summed E-state index contributed by atoms with van der Waals surface area (Å²) in [5.41, 5.74) is 6.36. The molecule has 1 aliphatic heterocycles. The van der Waals surface area contributed by atoms with Crippen molar-refractivity contribution in [1.82, 2.24) is 9.88 Å². The van der Waals surface area contributed by atoms with Gasteiger partial charge >= 0.3 is 0 Å². The first-order valence-electron chi connectivity index (χ1n) is 6.78. The monoisotopic (exact) mass is 296 g/mol. The molecule has 2 amide bonds. The maximum absolute atomic E-state index is 12.5. The van der Waals surface area contributed by atoms with Gasteiger partial charge in [-0.1, -0.05) is 0 Å². The molecule has 2 heterocycles. The van der Waals surface area contributed by atoms with Crippen LogP contribution in [0.5, 0.6) is 0 Å². The number of hydrogen-bond donors (Lipinski definition) is 2. The van der Waals surface area contributed by atoms with E-state index in [0.29, 0.717) is 10.8 Å². The third-order valence-electron chi connectivity index (χ3n) is 3.42. The molecule has 3 N–H and O–H groups in total. The molecule has 20 heavy (non-hydrogen) atoms. The zero-order chi connectivity index (χ0) is 14.7. The molecule has 1 saturated heterocycles. The highest BCUT2D eigenvalue weighted by molar-refractivity contribution is 7.14. The van der Waals surface area contributed by atoms with E-state index in [9.17, 15) is 9.59 Å². The Morgan fingerprint density at radius 2 is 2.30 bits per heavy atom. The molecule has 1 aromatic rings. The zero-order valence-electron chi connectivity index (χ0n) is 11.8. The third-order valence-corrected chi connectivity index (χ3v) is 4.18. The minimum absolute atomic E-state index is 0.0484. The van der Waals surface area contributed by atoms with E-state index in [0.717, 1.165) is 25.8 Å². The molecule has 110 valence electrons. The second-order valence-electron chi connectivity index (χ2n) is 5.14. The van der Waals surface area contributed by atoms with Crippen LogP contribution < -0.4 is 11.1 Å². The lowest BCUT2D eigenvalue weighted by Crippen LogP contribution is -2.51. The fourth-order valence-electron chi connectivity index (χ4n) is 2.48. The molecular formula is C13H20N4O2S. The Balaban J connectivity index is 2.12. The minimum atomic E-state index is -0.190. The molecule has 1 aliphatic rings. The first kappa shape index (κ1) is 14.9. The van der Waals surface area contributed by atoms with E-state index in [1.54, 1.807) is 5.38 Å². The van der Waals surface area contributed by atoms with E-state index < -0.39 is 0 Å². The van der Waals surface area contributed by atoms with Gasteiger partial charge in [0.2, 0.25) is 5.91 Å². The van der Waals surface area contributed by atoms with Crippen LogP contribution in [0.4, 0.5) is 5.13 Å². The Morgan fingerprint density at radius 1 is 1.55 bits per heavy atom. The first-order chi connectivity index (χ1) is 9.49. The van der Waals surface area contributed by atoms with Crippen LogP contribution in [0.15, 0.2) is 5.38 Å². The van der Waals surface area contributed by atoms with Crippen LogP contribution in [0.25, 0.3) is 0 Å². The standard InChI is InChI=1S/C13H20N4O2S/c1-8(14)11-5-3-4-6-17(11)12(19)10-7-20-13(16-10)15-9(2)18/h7-8,11H,3-6,14H2,1-2H3,(H,15,16,18). The minimum Gasteiger partial charge on any atom is -0.333 e. The van der Waals surface area contributed by atoms with Crippen molar-refractivity contribution in [3.05, 3.63) is 11.1 Å². The predicted octanol–water partition coefficient (Wildman–Crippen LogP) is 1.44. The second-order valence-corrected chi connectivity index (χ2v) is 6.00. The van der Waals surface area contributed by atoms with Crippen molar-refractivity contribution in [2.75, 3.05) is 11.9 Å². The Hall–Kier alpha value is -1.47. The normalized spacial score (nSPS) is 20.6. The third kappa shape index (κ3) is 3.34. The number of nitrogens with two attached hydrogens (primary N) is 1. The van der Waals surface area contributed by atoms with Crippen molar-refractivity contribution in [1.29, 1.82) is 0 Å². The van der Waals surface area contributed by atoms with Gasteiger partial charge < -0.3 is 16.0 Å². The fraction of sp³-hybridized carbons (Fsp3) is 0.615. The van der Waals surface area contributed by atoms with Gasteiger partial charge in [0.25, 0.3) is 5.91 Å². The number of anilines is 1. The molecule has 0 aliphatic carbocycles. The number of nitrogens with one attached hydrogen (secondary N) is 1. The number of amides is 2. The summed E-state index contributed by atoms with van der Waals surface area (Å²) in [6.07, 6.45) is 3.04. The number of aromatic nitrogens is 1. The van der Waals surface area contributed by atoms with Crippen LogP contribution in [0.2, 0.25) is 0 Å². The summed E-state index contributed by atoms with van der Waals surface area (Å²) in [6.45, 7) is 4.07. The van der Waals surface area contributed by atoms with Gasteiger partial charge in [-0.3, -0.25) is 9.59 Å². The molecule has 1 fully saturated rings. The lowest BCUT2D eigenvalue weighted by Gasteiger charge is -2.37. The van der Waals surface area contributed by atoms with Gasteiger partial charge in [-0.15, -0.1) is 11.3 Å². The van der Waals surface area contributed by atoms with Crippen LogP contribution in [-0.4, -0.2) is 40.3 Å². The summed E-state index contributed by atoms with van der Waals surface area (Å²) >= 11 is 1.26. The van der Waals surface area contributed by atoms with E-state index >= 15 is 0 Å². The smallest absolute Gasteiger partial charge is 0.273 e. The molecule has 0 spiro atoms. The molecule has 0 bridgehead atoms. The van der Waals surface area contributed by atoms with Crippen molar-refractivity contribution in [3.63, 3.8) is 0 Å². The van der Waals surface area contributed by atoms with E-state index in [1.807, 2.05) is 11.8 Å². The van der Waals surface area contributed by atoms with Crippen molar-refractivity contribution < 1.29 is 9.59 Å². The fourth-order valence-corrected chi connectivity index (χ4v) is 3.21. The van der Waals surface area contributed by atoms with Gasteiger partial charge in [0.15, 0.2) is 5.13 Å². The van der Waals surface area contributed by atoms with E-state index in [1.165, 1.54) is 18.3 Å². The number of rotatable bonds is 3. The highest BCUT2D eigenvalue weighted by atomic mass is 32.1. The van der Waals surface area contributed by atoms with Gasteiger partial charge in [-0.2, -0.15) is 0 Å². The molecule has 0 aromatic carbocycles. The topological polar surface area (TPSA) is 88.3 Å². The second kappa shape index (κ2) is 6.32. The average Bonchev–Trinajstić information content (AvgIpc) is 2.85. The number of hydrogen-bond acceptors (Lipinski definition) is 5. The quantitative estimate of drug-likeness (QED) is 0.883. The maximum Gasteiger partial charge on any atom is 0.273 e. The SMILES string of the molecule is CC(=O)Nc1nc(C(=O)N2CCCCC2C(C)N)cs1. The van der Waals surface area contributed by atoms with E-state index in [2.05, 4.69) is 10.3 Å². The summed E-state index contributed by atoms with van der Waals surface area (Å²) < 4.78 is 0. The number of piperidine rings is 1. The number of likely N-dealkylation sites (tertiary alicyclic amines) is 1. The molecular weight excluding hydrogens is 276 g/mol. The maximum atomic E-state index is 12.5.